The predicted octanol–water partition coefficient (Wildman–Crippen LogP) is 3.21. The van der Waals surface area contributed by atoms with Crippen molar-refractivity contribution >= 4 is 6.08 Å². The van der Waals surface area contributed by atoms with Gasteiger partial charge in [-0.1, -0.05) is 6.92 Å². The van der Waals surface area contributed by atoms with Crippen LogP contribution in [0.15, 0.2) is 40.7 Å². The Morgan fingerprint density at radius 1 is 1.50 bits per heavy atom. The topological polar surface area (TPSA) is 31.6 Å². The van der Waals surface area contributed by atoms with Crippen LogP contribution in [0.2, 0.25) is 0 Å². The zero-order valence-electron chi connectivity index (χ0n) is 9.77. The fraction of sp³-hybridized carbons (Fsp3) is 0.385. The maximum atomic E-state index is 5.72. The summed E-state index contributed by atoms with van der Waals surface area (Å²) in [6, 6.07) is 3.74. The summed E-state index contributed by atoms with van der Waals surface area (Å²) in [7, 11) is 1.65. The Labute approximate surface area is 95.4 Å². The van der Waals surface area contributed by atoms with E-state index in [1.165, 1.54) is 0 Å². The van der Waals surface area contributed by atoms with Gasteiger partial charge in [-0.15, -0.1) is 0 Å². The summed E-state index contributed by atoms with van der Waals surface area (Å²) in [6.45, 7) is 3.99. The number of methoxy groups -OCH3 is 1. The van der Waals surface area contributed by atoms with Crippen molar-refractivity contribution in [1.82, 2.24) is 0 Å². The van der Waals surface area contributed by atoms with Gasteiger partial charge >= 0.3 is 0 Å². The largest absolute Gasteiger partial charge is 0.465 e. The fourth-order valence-corrected chi connectivity index (χ4v) is 1.91. The number of rotatable bonds is 3. The summed E-state index contributed by atoms with van der Waals surface area (Å²) in [5.41, 5.74) is 0. The second kappa shape index (κ2) is 4.18. The molecule has 0 aliphatic carbocycles. The third-order valence-corrected chi connectivity index (χ3v) is 2.78. The molecular weight excluding hydrogens is 204 g/mol. The van der Waals surface area contributed by atoms with E-state index in [9.17, 15) is 0 Å². The zero-order valence-corrected chi connectivity index (χ0v) is 9.77. The Kier molecular flexibility index (Phi) is 2.88. The maximum Gasteiger partial charge on any atom is 0.236 e. The average Bonchev–Trinajstić information content (AvgIpc) is 2.84. The molecule has 2 heterocycles. The highest BCUT2D eigenvalue weighted by Gasteiger charge is 2.39. The highest BCUT2D eigenvalue weighted by Crippen LogP contribution is 2.35. The molecule has 0 amide bonds. The van der Waals surface area contributed by atoms with E-state index in [1.807, 2.05) is 31.2 Å². The standard InChI is InChI=1S/C13H16O3/c1-10-9-11(2)16-13(10,14-3)7-6-12-5-4-8-15-12/h4-10H,1-3H3/b7-6+. The van der Waals surface area contributed by atoms with Gasteiger partial charge in [0.15, 0.2) is 0 Å². The SMILES string of the molecule is COC1(/C=C/c2ccco2)OC(C)=CC1C. The van der Waals surface area contributed by atoms with E-state index in [1.54, 1.807) is 13.4 Å². The quantitative estimate of drug-likeness (QED) is 0.783. The van der Waals surface area contributed by atoms with Crippen LogP contribution < -0.4 is 0 Å². The Morgan fingerprint density at radius 2 is 2.31 bits per heavy atom. The van der Waals surface area contributed by atoms with Crippen LogP contribution in [0.5, 0.6) is 0 Å². The summed E-state index contributed by atoms with van der Waals surface area (Å²) in [5, 5.41) is 0. The van der Waals surface area contributed by atoms with E-state index in [4.69, 9.17) is 13.9 Å². The Balaban J connectivity index is 2.18. The molecule has 0 saturated heterocycles. The van der Waals surface area contributed by atoms with Crippen LogP contribution in [0.25, 0.3) is 6.08 Å². The molecule has 1 aliphatic heterocycles. The minimum absolute atomic E-state index is 0.184. The minimum atomic E-state index is -0.698. The van der Waals surface area contributed by atoms with Crippen LogP contribution in [0.3, 0.4) is 0 Å². The van der Waals surface area contributed by atoms with E-state index < -0.39 is 5.79 Å². The Bertz CT molecular complexity index is 403. The van der Waals surface area contributed by atoms with Crippen molar-refractivity contribution in [2.45, 2.75) is 19.6 Å². The molecule has 0 fully saturated rings. The fourth-order valence-electron chi connectivity index (χ4n) is 1.91. The van der Waals surface area contributed by atoms with Gasteiger partial charge in [0, 0.05) is 13.0 Å². The Hall–Kier alpha value is -1.48. The molecular formula is C13H16O3. The molecule has 3 heteroatoms. The van der Waals surface area contributed by atoms with E-state index in [-0.39, 0.29) is 5.92 Å². The number of ether oxygens (including phenoxy) is 2. The van der Waals surface area contributed by atoms with Crippen LogP contribution in [0.4, 0.5) is 0 Å². The molecule has 3 nitrogen and oxygen atoms in total. The summed E-state index contributed by atoms with van der Waals surface area (Å²) < 4.78 is 16.4. The van der Waals surface area contributed by atoms with Crippen molar-refractivity contribution in [3.63, 3.8) is 0 Å². The first-order chi connectivity index (χ1) is 7.66. The highest BCUT2D eigenvalue weighted by molar-refractivity contribution is 5.44. The molecule has 1 aromatic rings. The first kappa shape index (κ1) is 11.0. The van der Waals surface area contributed by atoms with E-state index in [2.05, 4.69) is 13.0 Å². The van der Waals surface area contributed by atoms with Crippen LogP contribution in [-0.2, 0) is 9.47 Å². The van der Waals surface area contributed by atoms with Gasteiger partial charge in [0.05, 0.1) is 12.0 Å². The van der Waals surface area contributed by atoms with Gasteiger partial charge in [-0.25, -0.2) is 0 Å². The molecule has 0 saturated carbocycles. The highest BCUT2D eigenvalue weighted by atomic mass is 16.7. The van der Waals surface area contributed by atoms with E-state index in [0.717, 1.165) is 11.5 Å². The van der Waals surface area contributed by atoms with Crippen molar-refractivity contribution in [3.05, 3.63) is 42.1 Å². The van der Waals surface area contributed by atoms with Gasteiger partial charge in [0.2, 0.25) is 5.79 Å². The molecule has 1 aromatic heterocycles. The molecule has 0 N–H and O–H groups in total. The molecule has 0 radical (unpaired) electrons. The molecule has 86 valence electrons. The predicted molar refractivity (Wildman–Crippen MR) is 61.5 cm³/mol. The molecule has 2 rings (SSSR count). The maximum absolute atomic E-state index is 5.72. The minimum Gasteiger partial charge on any atom is -0.465 e. The molecule has 0 spiro atoms. The summed E-state index contributed by atoms with van der Waals surface area (Å²) in [5.74, 6) is 1.16. The van der Waals surface area contributed by atoms with Crippen molar-refractivity contribution < 1.29 is 13.9 Å². The smallest absolute Gasteiger partial charge is 0.236 e. The van der Waals surface area contributed by atoms with Crippen LogP contribution in [0, 0.1) is 5.92 Å². The average molecular weight is 220 g/mol. The lowest BCUT2D eigenvalue weighted by Crippen LogP contribution is -2.34. The molecule has 1 aliphatic rings. The van der Waals surface area contributed by atoms with Gasteiger partial charge in [-0.2, -0.15) is 0 Å². The summed E-state index contributed by atoms with van der Waals surface area (Å²) >= 11 is 0. The molecule has 0 bridgehead atoms. The summed E-state index contributed by atoms with van der Waals surface area (Å²) in [4.78, 5) is 0. The third kappa shape index (κ3) is 1.91. The van der Waals surface area contributed by atoms with Crippen molar-refractivity contribution in [2.24, 2.45) is 5.92 Å². The van der Waals surface area contributed by atoms with Crippen LogP contribution in [0.1, 0.15) is 19.6 Å². The van der Waals surface area contributed by atoms with E-state index in [0.29, 0.717) is 0 Å². The van der Waals surface area contributed by atoms with Crippen molar-refractivity contribution in [2.75, 3.05) is 7.11 Å². The van der Waals surface area contributed by atoms with Crippen LogP contribution >= 0.6 is 0 Å². The molecule has 0 aromatic carbocycles. The Morgan fingerprint density at radius 3 is 2.81 bits per heavy atom. The number of hydrogen-bond acceptors (Lipinski definition) is 3. The lowest BCUT2D eigenvalue weighted by atomic mass is 10.0. The third-order valence-electron chi connectivity index (χ3n) is 2.78. The van der Waals surface area contributed by atoms with Gasteiger partial charge in [0.25, 0.3) is 0 Å². The second-order valence-electron chi connectivity index (χ2n) is 3.94. The van der Waals surface area contributed by atoms with Gasteiger partial charge in [-0.05, 0) is 37.3 Å². The van der Waals surface area contributed by atoms with Gasteiger partial charge in [0.1, 0.15) is 5.76 Å². The number of furan rings is 1. The second-order valence-corrected chi connectivity index (χ2v) is 3.94. The van der Waals surface area contributed by atoms with Crippen molar-refractivity contribution in [3.8, 4) is 0 Å². The number of hydrogen-bond donors (Lipinski definition) is 0. The molecule has 2 atom stereocenters. The van der Waals surface area contributed by atoms with Gasteiger partial charge in [-0.3, -0.25) is 0 Å². The van der Waals surface area contributed by atoms with Gasteiger partial charge < -0.3 is 13.9 Å². The summed E-state index contributed by atoms with van der Waals surface area (Å²) in [6.07, 6.45) is 7.45. The first-order valence-electron chi connectivity index (χ1n) is 5.31. The van der Waals surface area contributed by atoms with E-state index >= 15 is 0 Å². The normalized spacial score (nSPS) is 29.4. The molecule has 16 heavy (non-hydrogen) atoms. The first-order valence-corrected chi connectivity index (χ1v) is 5.31. The molecule has 2 unspecified atom stereocenters. The van der Waals surface area contributed by atoms with Crippen LogP contribution in [-0.4, -0.2) is 12.9 Å². The monoisotopic (exact) mass is 220 g/mol. The number of allylic oxidation sites excluding steroid dienone is 1. The van der Waals surface area contributed by atoms with Crippen molar-refractivity contribution in [1.29, 1.82) is 0 Å². The zero-order chi connectivity index (χ0) is 11.6. The lowest BCUT2D eigenvalue weighted by molar-refractivity contribution is -0.166. The lowest BCUT2D eigenvalue weighted by Gasteiger charge is -2.28.